The van der Waals surface area contributed by atoms with E-state index in [0.29, 0.717) is 12.1 Å². The van der Waals surface area contributed by atoms with Gasteiger partial charge in [-0.2, -0.15) is 13.2 Å². The van der Waals surface area contributed by atoms with Gasteiger partial charge in [0.2, 0.25) is 5.91 Å². The number of hydrogen-bond acceptors (Lipinski definition) is 7. The second-order valence-electron chi connectivity index (χ2n) is 8.98. The smallest absolute Gasteiger partial charge is 0.416 e. The normalized spacial score (nSPS) is 13.2. The summed E-state index contributed by atoms with van der Waals surface area (Å²) < 4.78 is 84.1. The number of benzene rings is 2. The third-order valence-corrected chi connectivity index (χ3v) is 5.97. The maximum Gasteiger partial charge on any atom is 0.416 e. The van der Waals surface area contributed by atoms with Gasteiger partial charge in [-0.3, -0.25) is 19.6 Å². The molecule has 10 nitrogen and oxygen atoms in total. The Morgan fingerprint density at radius 3 is 2.42 bits per heavy atom. The number of carbonyl (C=O) groups excluding carboxylic acids is 1. The first-order valence-electron chi connectivity index (χ1n) is 11.5. The Morgan fingerprint density at radius 1 is 1.15 bits per heavy atom. The number of nitrogens with two attached hydrogens (primary N) is 2. The first kappa shape index (κ1) is 28.3. The zero-order chi connectivity index (χ0) is 29.5. The topological polar surface area (TPSA) is 172 Å². The van der Waals surface area contributed by atoms with Gasteiger partial charge in [-0.15, -0.1) is 0 Å². The van der Waals surface area contributed by atoms with Gasteiger partial charge in [-0.1, -0.05) is 0 Å². The number of phenols is 1. The molecule has 8 N–H and O–H groups in total. The van der Waals surface area contributed by atoms with Gasteiger partial charge in [0.25, 0.3) is 5.56 Å². The van der Waals surface area contributed by atoms with Crippen LogP contribution in [-0.2, 0) is 24.1 Å². The lowest BCUT2D eigenvalue weighted by Gasteiger charge is -2.17. The third kappa shape index (κ3) is 5.64. The van der Waals surface area contributed by atoms with Crippen molar-refractivity contribution in [3.8, 4) is 17.0 Å². The number of aromatic nitrogens is 2. The van der Waals surface area contributed by atoms with Crippen LogP contribution in [0.15, 0.2) is 29.2 Å². The van der Waals surface area contributed by atoms with E-state index in [0.717, 1.165) is 29.7 Å². The lowest BCUT2D eigenvalue weighted by atomic mass is 10.1. The van der Waals surface area contributed by atoms with Crippen LogP contribution in [0.1, 0.15) is 29.5 Å². The molecule has 0 unspecified atom stereocenters. The second-order valence-corrected chi connectivity index (χ2v) is 8.98. The van der Waals surface area contributed by atoms with E-state index in [9.17, 15) is 41.0 Å². The molecule has 0 atom stereocenters. The standard InChI is InChI=1S/C24H21F6N7O3/c25-17-13(18(26)20(39)16(19(17)27)21(32)33)6-34-15(38)8-37-14(7-35-22(23(37)40)36-12-1-2-12)9-3-10(24(28,29)30)5-11(31)4-9/h3-5,7,12,39H,1-2,6,8,31H2,(H3,32,33)(H,34,38)(H,35,36). The Labute approximate surface area is 221 Å². The van der Waals surface area contributed by atoms with Crippen LogP contribution in [0.4, 0.5) is 37.8 Å². The number of nitrogens with one attached hydrogen (secondary N) is 3. The number of nitrogens with zero attached hydrogens (tertiary/aromatic N) is 2. The predicted octanol–water partition coefficient (Wildman–Crippen LogP) is 2.81. The highest BCUT2D eigenvalue weighted by atomic mass is 19.4. The number of nitrogen functional groups attached to an aromatic ring is 2. The van der Waals surface area contributed by atoms with Gasteiger partial charge in [0.05, 0.1) is 23.0 Å². The quantitative estimate of drug-likeness (QED) is 0.0796. The molecule has 40 heavy (non-hydrogen) atoms. The molecular formula is C24H21F6N7O3. The highest BCUT2D eigenvalue weighted by Crippen LogP contribution is 2.34. The maximum absolute atomic E-state index is 14.5. The molecule has 3 aromatic rings. The van der Waals surface area contributed by atoms with Gasteiger partial charge in [0, 0.05) is 29.4 Å². The van der Waals surface area contributed by atoms with Crippen LogP contribution < -0.4 is 27.7 Å². The summed E-state index contributed by atoms with van der Waals surface area (Å²) in [5.41, 5.74) is 5.70. The fraction of sp³-hybridized carbons (Fsp3) is 0.250. The van der Waals surface area contributed by atoms with Crippen molar-refractivity contribution in [1.29, 1.82) is 5.41 Å². The Bertz CT molecular complexity index is 1560. The highest BCUT2D eigenvalue weighted by Gasteiger charge is 2.32. The summed E-state index contributed by atoms with van der Waals surface area (Å²) in [7, 11) is 0. The summed E-state index contributed by atoms with van der Waals surface area (Å²) >= 11 is 0. The molecule has 1 heterocycles. The molecule has 212 valence electrons. The minimum absolute atomic E-state index is 0.0518. The van der Waals surface area contributed by atoms with E-state index < -0.39 is 76.5 Å². The van der Waals surface area contributed by atoms with Crippen molar-refractivity contribution in [2.75, 3.05) is 11.1 Å². The number of aromatic hydroxyl groups is 1. The van der Waals surface area contributed by atoms with Crippen LogP contribution in [0.2, 0.25) is 0 Å². The maximum atomic E-state index is 14.5. The highest BCUT2D eigenvalue weighted by molar-refractivity contribution is 5.98. The second kappa shape index (κ2) is 10.4. The minimum Gasteiger partial charge on any atom is -0.504 e. The molecule has 1 aliphatic carbocycles. The zero-order valence-corrected chi connectivity index (χ0v) is 20.3. The van der Waals surface area contributed by atoms with Gasteiger partial charge < -0.3 is 27.2 Å². The molecule has 1 fully saturated rings. The number of carbonyl (C=O) groups is 1. The Morgan fingerprint density at radius 2 is 1.82 bits per heavy atom. The summed E-state index contributed by atoms with van der Waals surface area (Å²) in [5, 5.41) is 21.9. The van der Waals surface area contributed by atoms with Gasteiger partial charge in [0.15, 0.2) is 29.0 Å². The van der Waals surface area contributed by atoms with E-state index in [1.165, 1.54) is 0 Å². The Hall–Kier alpha value is -4.76. The van der Waals surface area contributed by atoms with Crippen molar-refractivity contribution in [1.82, 2.24) is 14.9 Å². The molecule has 1 amide bonds. The monoisotopic (exact) mass is 569 g/mol. The number of amides is 1. The van der Waals surface area contributed by atoms with E-state index in [4.69, 9.17) is 16.9 Å². The molecule has 1 aliphatic rings. The molecule has 0 spiro atoms. The fourth-order valence-electron chi connectivity index (χ4n) is 3.84. The first-order valence-corrected chi connectivity index (χ1v) is 11.5. The molecule has 16 heteroatoms. The lowest BCUT2D eigenvalue weighted by Crippen LogP contribution is -2.35. The number of amidine groups is 1. The predicted molar refractivity (Wildman–Crippen MR) is 131 cm³/mol. The van der Waals surface area contributed by atoms with E-state index in [1.807, 2.05) is 0 Å². The molecule has 2 aromatic carbocycles. The average molecular weight is 569 g/mol. The first-order chi connectivity index (χ1) is 18.7. The minimum atomic E-state index is -4.78. The number of rotatable bonds is 8. The van der Waals surface area contributed by atoms with Crippen LogP contribution in [0.3, 0.4) is 0 Å². The molecular weight excluding hydrogens is 548 g/mol. The molecule has 1 aromatic heterocycles. The van der Waals surface area contributed by atoms with Gasteiger partial charge >= 0.3 is 6.18 Å². The van der Waals surface area contributed by atoms with Crippen molar-refractivity contribution in [2.45, 2.75) is 38.1 Å². The van der Waals surface area contributed by atoms with Crippen molar-refractivity contribution >= 4 is 23.2 Å². The number of phenolic OH excluding ortho intramolecular Hbond substituents is 1. The largest absolute Gasteiger partial charge is 0.504 e. The molecule has 0 aliphatic heterocycles. The summed E-state index contributed by atoms with van der Waals surface area (Å²) in [5.74, 6) is -9.13. The van der Waals surface area contributed by atoms with Crippen LogP contribution >= 0.6 is 0 Å². The number of hydrogen-bond donors (Lipinski definition) is 6. The molecule has 1 saturated carbocycles. The van der Waals surface area contributed by atoms with E-state index >= 15 is 0 Å². The van der Waals surface area contributed by atoms with Gasteiger partial charge in [-0.05, 0) is 31.0 Å². The Kier molecular flexibility index (Phi) is 7.36. The average Bonchev–Trinajstić information content (AvgIpc) is 3.68. The Balaban J connectivity index is 1.69. The van der Waals surface area contributed by atoms with E-state index in [-0.39, 0.29) is 28.8 Å². The summed E-state index contributed by atoms with van der Waals surface area (Å²) in [4.78, 5) is 29.9. The van der Waals surface area contributed by atoms with Gasteiger partial charge in [0.1, 0.15) is 12.4 Å². The molecule has 0 saturated heterocycles. The number of anilines is 2. The van der Waals surface area contributed by atoms with Crippen molar-refractivity contribution in [3.05, 3.63) is 68.9 Å². The zero-order valence-electron chi connectivity index (χ0n) is 20.3. The molecule has 0 bridgehead atoms. The number of alkyl halides is 3. The summed E-state index contributed by atoms with van der Waals surface area (Å²) in [6.07, 6.45) is -2.21. The summed E-state index contributed by atoms with van der Waals surface area (Å²) in [6.45, 7) is -1.85. The number of halogens is 6. The van der Waals surface area contributed by atoms with Crippen molar-refractivity contribution in [3.63, 3.8) is 0 Å². The van der Waals surface area contributed by atoms with E-state index in [1.54, 1.807) is 0 Å². The van der Waals surface area contributed by atoms with Crippen LogP contribution in [0.25, 0.3) is 11.3 Å². The summed E-state index contributed by atoms with van der Waals surface area (Å²) in [6, 6.07) is 2.48. The third-order valence-electron chi connectivity index (χ3n) is 5.97. The lowest BCUT2D eigenvalue weighted by molar-refractivity contribution is -0.137. The van der Waals surface area contributed by atoms with Crippen LogP contribution in [0, 0.1) is 22.9 Å². The van der Waals surface area contributed by atoms with E-state index in [2.05, 4.69) is 15.6 Å². The van der Waals surface area contributed by atoms with Crippen molar-refractivity contribution in [2.24, 2.45) is 5.73 Å². The molecule has 0 radical (unpaired) electrons. The van der Waals surface area contributed by atoms with Crippen LogP contribution in [-0.4, -0.2) is 32.4 Å². The SMILES string of the molecule is N=C(N)c1c(O)c(F)c(CNC(=O)Cn2c(-c3cc(N)cc(C(F)(F)F)c3)cnc(NC3CC3)c2=O)c(F)c1F. The van der Waals surface area contributed by atoms with Crippen LogP contribution in [0.5, 0.6) is 5.75 Å². The fourth-order valence-corrected chi connectivity index (χ4v) is 3.84. The van der Waals surface area contributed by atoms with Gasteiger partial charge in [-0.25, -0.2) is 18.2 Å². The van der Waals surface area contributed by atoms with Crippen molar-refractivity contribution < 1.29 is 36.2 Å². The molecule has 4 rings (SSSR count).